The molecule has 0 unspecified atom stereocenters. The molecule has 29 heavy (non-hydrogen) atoms. The van der Waals surface area contributed by atoms with Crippen molar-refractivity contribution in [3.05, 3.63) is 65.7 Å². The van der Waals surface area contributed by atoms with E-state index in [0.29, 0.717) is 21.5 Å². The molecule has 0 atom stereocenters. The Labute approximate surface area is 176 Å². The van der Waals surface area contributed by atoms with Crippen molar-refractivity contribution in [3.8, 4) is 17.0 Å². The number of carbonyl (C=O) groups is 1. The van der Waals surface area contributed by atoms with Crippen LogP contribution in [0.25, 0.3) is 16.9 Å². The maximum atomic E-state index is 12.2. The number of anilines is 1. The van der Waals surface area contributed by atoms with Gasteiger partial charge in [0, 0.05) is 16.3 Å². The molecule has 1 amide bonds. The van der Waals surface area contributed by atoms with Crippen molar-refractivity contribution in [1.29, 1.82) is 0 Å². The molecule has 146 valence electrons. The molecule has 0 bridgehead atoms. The number of rotatable bonds is 6. The largest absolute Gasteiger partial charge is 0.497 e. The van der Waals surface area contributed by atoms with Crippen molar-refractivity contribution >= 4 is 40.6 Å². The van der Waals surface area contributed by atoms with E-state index >= 15 is 0 Å². The van der Waals surface area contributed by atoms with Gasteiger partial charge >= 0.3 is 0 Å². The molecule has 0 radical (unpaired) electrons. The first-order chi connectivity index (χ1) is 14.1. The number of aromatic nitrogens is 4. The van der Waals surface area contributed by atoms with Crippen LogP contribution in [0, 0.1) is 0 Å². The van der Waals surface area contributed by atoms with Crippen molar-refractivity contribution in [2.24, 2.45) is 0 Å². The lowest BCUT2D eigenvalue weighted by Gasteiger charge is -2.06. The summed E-state index contributed by atoms with van der Waals surface area (Å²) in [5.41, 5.74) is 2.97. The molecule has 2 aromatic carbocycles. The van der Waals surface area contributed by atoms with Crippen molar-refractivity contribution in [1.82, 2.24) is 19.8 Å². The Morgan fingerprint density at radius 1 is 1.14 bits per heavy atom. The SMILES string of the molecule is COc1ccc(-c2ccc3nnc(SCC(=O)Nc4cccc(Cl)c4)n3n2)cc1. The normalized spacial score (nSPS) is 10.8. The number of fused-ring (bicyclic) bond motifs is 1. The summed E-state index contributed by atoms with van der Waals surface area (Å²) < 4.78 is 6.83. The van der Waals surface area contributed by atoms with Gasteiger partial charge in [0.1, 0.15) is 5.75 Å². The predicted molar refractivity (Wildman–Crippen MR) is 114 cm³/mol. The molecular weight excluding hydrogens is 410 g/mol. The van der Waals surface area contributed by atoms with Crippen molar-refractivity contribution in [2.75, 3.05) is 18.2 Å². The van der Waals surface area contributed by atoms with Crippen molar-refractivity contribution in [3.63, 3.8) is 0 Å². The summed E-state index contributed by atoms with van der Waals surface area (Å²) in [6.07, 6.45) is 0. The summed E-state index contributed by atoms with van der Waals surface area (Å²) in [4.78, 5) is 12.2. The highest BCUT2D eigenvalue weighted by atomic mass is 35.5. The molecule has 1 N–H and O–H groups in total. The number of methoxy groups -OCH3 is 1. The number of nitrogens with one attached hydrogen (secondary N) is 1. The number of carbonyl (C=O) groups excluding carboxylic acids is 1. The van der Waals surface area contributed by atoms with Gasteiger partial charge < -0.3 is 10.1 Å². The van der Waals surface area contributed by atoms with Crippen LogP contribution in [0.15, 0.2) is 65.8 Å². The van der Waals surface area contributed by atoms with Crippen LogP contribution in [0.1, 0.15) is 0 Å². The van der Waals surface area contributed by atoms with Gasteiger partial charge in [-0.05, 0) is 54.6 Å². The Bertz CT molecular complexity index is 1160. The van der Waals surface area contributed by atoms with Gasteiger partial charge in [-0.15, -0.1) is 10.2 Å². The molecule has 0 saturated carbocycles. The third-order valence-electron chi connectivity index (χ3n) is 4.06. The second kappa shape index (κ2) is 8.50. The number of thioether (sulfide) groups is 1. The molecule has 0 aliphatic rings. The number of hydrogen-bond acceptors (Lipinski definition) is 6. The summed E-state index contributed by atoms with van der Waals surface area (Å²) in [5, 5.41) is 16.8. The Morgan fingerprint density at radius 2 is 1.97 bits per heavy atom. The van der Waals surface area contributed by atoms with Crippen LogP contribution in [0.3, 0.4) is 0 Å². The van der Waals surface area contributed by atoms with Crippen LogP contribution in [-0.4, -0.2) is 38.6 Å². The first-order valence-electron chi connectivity index (χ1n) is 8.67. The zero-order valence-corrected chi connectivity index (χ0v) is 16.9. The van der Waals surface area contributed by atoms with Crippen molar-refractivity contribution < 1.29 is 9.53 Å². The number of nitrogens with zero attached hydrogens (tertiary/aromatic N) is 4. The first-order valence-corrected chi connectivity index (χ1v) is 10.0. The zero-order valence-electron chi connectivity index (χ0n) is 15.4. The Morgan fingerprint density at radius 3 is 2.72 bits per heavy atom. The molecule has 9 heteroatoms. The molecule has 4 rings (SSSR count). The Kier molecular flexibility index (Phi) is 5.64. The fourth-order valence-electron chi connectivity index (χ4n) is 2.67. The number of benzene rings is 2. The van der Waals surface area contributed by atoms with Gasteiger partial charge in [0.2, 0.25) is 11.1 Å². The molecule has 7 nitrogen and oxygen atoms in total. The number of amides is 1. The van der Waals surface area contributed by atoms with E-state index < -0.39 is 0 Å². The Balaban J connectivity index is 1.49. The molecule has 0 saturated heterocycles. The predicted octanol–water partition coefficient (Wildman–Crippen LogP) is 4.18. The van der Waals surface area contributed by atoms with Crippen molar-refractivity contribution in [2.45, 2.75) is 5.16 Å². The topological polar surface area (TPSA) is 81.4 Å². The van der Waals surface area contributed by atoms with E-state index in [0.717, 1.165) is 17.0 Å². The van der Waals surface area contributed by atoms with Gasteiger partial charge in [0.25, 0.3) is 0 Å². The minimum Gasteiger partial charge on any atom is -0.497 e. The maximum Gasteiger partial charge on any atom is 0.234 e. The number of halogens is 1. The lowest BCUT2D eigenvalue weighted by Crippen LogP contribution is -2.14. The molecule has 0 aliphatic heterocycles. The van der Waals surface area contributed by atoms with Crippen LogP contribution in [0.4, 0.5) is 5.69 Å². The molecule has 4 aromatic rings. The van der Waals surface area contributed by atoms with Gasteiger partial charge in [-0.1, -0.05) is 29.4 Å². The van der Waals surface area contributed by atoms with E-state index in [2.05, 4.69) is 20.6 Å². The summed E-state index contributed by atoms with van der Waals surface area (Å²) >= 11 is 7.20. The van der Waals surface area contributed by atoms with E-state index in [1.807, 2.05) is 36.4 Å². The molecule has 2 heterocycles. The lowest BCUT2D eigenvalue weighted by molar-refractivity contribution is -0.113. The maximum absolute atomic E-state index is 12.2. The lowest BCUT2D eigenvalue weighted by atomic mass is 10.1. The standard InChI is InChI=1S/C20H16ClN5O2S/c1-28-16-7-5-13(6-8-16)17-9-10-18-23-24-20(26(18)25-17)29-12-19(27)22-15-4-2-3-14(21)11-15/h2-11H,12H2,1H3,(H,22,27). The van der Waals surface area contributed by atoms with E-state index in [1.54, 1.807) is 35.9 Å². The highest BCUT2D eigenvalue weighted by Gasteiger charge is 2.12. The summed E-state index contributed by atoms with van der Waals surface area (Å²) in [6.45, 7) is 0. The Hall–Kier alpha value is -3.10. The highest BCUT2D eigenvalue weighted by Crippen LogP contribution is 2.23. The minimum absolute atomic E-state index is 0.166. The summed E-state index contributed by atoms with van der Waals surface area (Å²) in [7, 11) is 1.63. The number of hydrogen-bond donors (Lipinski definition) is 1. The number of ether oxygens (including phenoxy) is 1. The van der Waals surface area contributed by atoms with Crippen LogP contribution in [0.2, 0.25) is 5.02 Å². The second-order valence-corrected chi connectivity index (χ2v) is 7.43. The van der Waals surface area contributed by atoms with Crippen LogP contribution < -0.4 is 10.1 Å². The fraction of sp³-hybridized carbons (Fsp3) is 0.100. The third-order valence-corrected chi connectivity index (χ3v) is 5.22. The monoisotopic (exact) mass is 425 g/mol. The fourth-order valence-corrected chi connectivity index (χ4v) is 3.55. The summed E-state index contributed by atoms with van der Waals surface area (Å²) in [5.74, 6) is 0.781. The molecule has 0 fully saturated rings. The van der Waals surface area contributed by atoms with Gasteiger partial charge in [0.15, 0.2) is 5.65 Å². The van der Waals surface area contributed by atoms with Crippen LogP contribution in [-0.2, 0) is 4.79 Å². The average molecular weight is 426 g/mol. The molecule has 0 aliphatic carbocycles. The minimum atomic E-state index is -0.166. The van der Waals surface area contributed by atoms with Crippen LogP contribution in [0.5, 0.6) is 5.75 Å². The first kappa shape index (κ1) is 19.2. The van der Waals surface area contributed by atoms with E-state index in [9.17, 15) is 4.79 Å². The highest BCUT2D eigenvalue weighted by molar-refractivity contribution is 7.99. The van der Waals surface area contributed by atoms with Gasteiger partial charge in [-0.25, -0.2) is 0 Å². The van der Waals surface area contributed by atoms with Gasteiger partial charge in [-0.3, -0.25) is 4.79 Å². The zero-order chi connectivity index (χ0) is 20.2. The second-order valence-electron chi connectivity index (χ2n) is 6.05. The smallest absolute Gasteiger partial charge is 0.234 e. The average Bonchev–Trinajstić information content (AvgIpc) is 3.14. The van der Waals surface area contributed by atoms with Crippen LogP contribution >= 0.6 is 23.4 Å². The third kappa shape index (κ3) is 4.49. The molecule has 0 spiro atoms. The van der Waals surface area contributed by atoms with E-state index in [1.165, 1.54) is 11.8 Å². The molecule has 2 aromatic heterocycles. The molecular formula is C20H16ClN5O2S. The summed E-state index contributed by atoms with van der Waals surface area (Å²) in [6, 6.07) is 18.4. The quantitative estimate of drug-likeness (QED) is 0.466. The van der Waals surface area contributed by atoms with E-state index in [-0.39, 0.29) is 11.7 Å². The van der Waals surface area contributed by atoms with Gasteiger partial charge in [0.05, 0.1) is 18.6 Å². The van der Waals surface area contributed by atoms with Gasteiger partial charge in [-0.2, -0.15) is 9.61 Å². The van der Waals surface area contributed by atoms with E-state index in [4.69, 9.17) is 16.3 Å².